The molecule has 1 atom stereocenters. The van der Waals surface area contributed by atoms with Crippen molar-refractivity contribution in [2.75, 3.05) is 0 Å². The molecule has 3 nitrogen and oxygen atoms in total. The largest absolute Gasteiger partial charge is 0.481 e. The molecule has 0 aliphatic rings. The first kappa shape index (κ1) is 19.9. The number of allylic oxidation sites excluding steroid dienone is 3. The Labute approximate surface area is 129 Å². The molecule has 21 heavy (non-hydrogen) atoms. The fourth-order valence-corrected chi connectivity index (χ4v) is 2.17. The van der Waals surface area contributed by atoms with Gasteiger partial charge in [0.1, 0.15) is 0 Å². The molecule has 0 aliphatic carbocycles. The summed E-state index contributed by atoms with van der Waals surface area (Å²) < 4.78 is 0. The minimum atomic E-state index is -0.698. The Morgan fingerprint density at radius 2 is 1.57 bits per heavy atom. The predicted octanol–water partition coefficient (Wildman–Crippen LogP) is 4.86. The van der Waals surface area contributed by atoms with Crippen LogP contribution in [0.4, 0.5) is 0 Å². The van der Waals surface area contributed by atoms with Gasteiger partial charge in [0, 0.05) is 6.42 Å². The topological polar surface area (TPSA) is 57.5 Å². The lowest BCUT2D eigenvalue weighted by atomic mass is 10.0. The second-order valence-corrected chi connectivity index (χ2v) is 5.53. The molecule has 122 valence electrons. The third-order valence-electron chi connectivity index (χ3n) is 3.43. The van der Waals surface area contributed by atoms with Crippen LogP contribution >= 0.6 is 0 Å². The van der Waals surface area contributed by atoms with Crippen LogP contribution in [0, 0.1) is 0 Å². The molecule has 0 aliphatic heterocycles. The number of unbranched alkanes of at least 4 members (excludes halogenated alkanes) is 5. The van der Waals surface area contributed by atoms with Crippen molar-refractivity contribution in [3.05, 3.63) is 24.3 Å². The highest BCUT2D eigenvalue weighted by Crippen LogP contribution is 2.11. The lowest BCUT2D eigenvalue weighted by molar-refractivity contribution is -0.137. The fraction of sp³-hybridized carbons (Fsp3) is 0.722. The van der Waals surface area contributed by atoms with Gasteiger partial charge in [0.25, 0.3) is 0 Å². The highest BCUT2D eigenvalue weighted by atomic mass is 16.4. The number of aliphatic hydroxyl groups is 1. The minimum absolute atomic E-state index is 0.219. The average Bonchev–Trinajstić information content (AvgIpc) is 2.45. The first-order chi connectivity index (χ1) is 10.2. The molecule has 0 spiro atoms. The third-order valence-corrected chi connectivity index (χ3v) is 3.43. The number of aliphatic carboxylic acids is 1. The maximum atomic E-state index is 10.3. The van der Waals surface area contributed by atoms with Crippen LogP contribution in [0.25, 0.3) is 0 Å². The Balaban J connectivity index is 3.31. The van der Waals surface area contributed by atoms with Crippen molar-refractivity contribution in [3.63, 3.8) is 0 Å². The van der Waals surface area contributed by atoms with Crippen molar-refractivity contribution in [1.82, 2.24) is 0 Å². The Morgan fingerprint density at radius 3 is 2.24 bits per heavy atom. The molecule has 0 rings (SSSR count). The summed E-state index contributed by atoms with van der Waals surface area (Å²) in [5.41, 5.74) is 0. The van der Waals surface area contributed by atoms with Gasteiger partial charge in [-0.05, 0) is 32.1 Å². The molecule has 0 saturated heterocycles. The molecule has 2 N–H and O–H groups in total. The van der Waals surface area contributed by atoms with Gasteiger partial charge >= 0.3 is 5.97 Å². The number of carboxylic acids is 1. The SMILES string of the molecule is CC/C=C\C/C=C\CC(O)CCCCCCCCC(=O)O. The molecule has 1 unspecified atom stereocenters. The molecule has 0 aromatic rings. The van der Waals surface area contributed by atoms with Gasteiger partial charge < -0.3 is 10.2 Å². The maximum Gasteiger partial charge on any atom is 0.303 e. The van der Waals surface area contributed by atoms with E-state index >= 15 is 0 Å². The van der Waals surface area contributed by atoms with Gasteiger partial charge in [-0.2, -0.15) is 0 Å². The van der Waals surface area contributed by atoms with Gasteiger partial charge in [0.2, 0.25) is 0 Å². The zero-order valence-corrected chi connectivity index (χ0v) is 13.5. The molecule has 0 aromatic heterocycles. The van der Waals surface area contributed by atoms with Gasteiger partial charge in [0.05, 0.1) is 6.10 Å². The van der Waals surface area contributed by atoms with Crippen LogP contribution in [0.5, 0.6) is 0 Å². The zero-order chi connectivity index (χ0) is 15.8. The predicted molar refractivity (Wildman–Crippen MR) is 88.4 cm³/mol. The summed E-state index contributed by atoms with van der Waals surface area (Å²) in [6.45, 7) is 2.12. The second kappa shape index (κ2) is 15.3. The number of aliphatic hydroxyl groups excluding tert-OH is 1. The molecular formula is C18H32O3. The smallest absolute Gasteiger partial charge is 0.303 e. The third kappa shape index (κ3) is 16.9. The zero-order valence-electron chi connectivity index (χ0n) is 13.5. The second-order valence-electron chi connectivity index (χ2n) is 5.53. The van der Waals surface area contributed by atoms with Crippen LogP contribution < -0.4 is 0 Å². The molecule has 3 heteroatoms. The van der Waals surface area contributed by atoms with Crippen molar-refractivity contribution in [2.45, 2.75) is 83.7 Å². The molecule has 0 fully saturated rings. The monoisotopic (exact) mass is 296 g/mol. The standard InChI is InChI=1S/C18H32O3/c1-2-3-4-5-8-11-14-17(19)15-12-9-6-7-10-13-16-18(20)21/h3-4,8,11,17,19H,2,5-7,9-10,12-16H2,1H3,(H,20,21)/b4-3-,11-8-. The van der Waals surface area contributed by atoms with E-state index in [1.165, 1.54) is 0 Å². The molecular weight excluding hydrogens is 264 g/mol. The summed E-state index contributed by atoms with van der Waals surface area (Å²) in [7, 11) is 0. The van der Waals surface area contributed by atoms with E-state index in [0.717, 1.165) is 64.2 Å². The summed E-state index contributed by atoms with van der Waals surface area (Å²) in [5.74, 6) is -0.698. The van der Waals surface area contributed by atoms with Crippen molar-refractivity contribution in [2.24, 2.45) is 0 Å². The Bertz CT molecular complexity index is 295. The van der Waals surface area contributed by atoms with Crippen molar-refractivity contribution < 1.29 is 15.0 Å². The van der Waals surface area contributed by atoms with Crippen LogP contribution in [0.1, 0.15) is 77.6 Å². The van der Waals surface area contributed by atoms with E-state index in [9.17, 15) is 9.90 Å². The van der Waals surface area contributed by atoms with Gasteiger partial charge in [-0.25, -0.2) is 0 Å². The van der Waals surface area contributed by atoms with E-state index in [0.29, 0.717) is 6.42 Å². The number of rotatable bonds is 14. The van der Waals surface area contributed by atoms with E-state index in [-0.39, 0.29) is 6.10 Å². The Morgan fingerprint density at radius 1 is 0.952 bits per heavy atom. The first-order valence-electron chi connectivity index (χ1n) is 8.36. The van der Waals surface area contributed by atoms with Gasteiger partial charge in [-0.1, -0.05) is 63.3 Å². The highest BCUT2D eigenvalue weighted by molar-refractivity contribution is 5.66. The Kier molecular flexibility index (Phi) is 14.5. The minimum Gasteiger partial charge on any atom is -0.481 e. The number of hydrogen-bond donors (Lipinski definition) is 2. The summed E-state index contributed by atoms with van der Waals surface area (Å²) in [5, 5.41) is 18.3. The van der Waals surface area contributed by atoms with E-state index in [4.69, 9.17) is 5.11 Å². The maximum absolute atomic E-state index is 10.3. The lowest BCUT2D eigenvalue weighted by Crippen LogP contribution is -2.04. The van der Waals surface area contributed by atoms with Gasteiger partial charge in [-0.15, -0.1) is 0 Å². The van der Waals surface area contributed by atoms with Crippen LogP contribution in [0.2, 0.25) is 0 Å². The number of hydrogen-bond acceptors (Lipinski definition) is 2. The van der Waals surface area contributed by atoms with Gasteiger partial charge in [-0.3, -0.25) is 4.79 Å². The molecule has 0 amide bonds. The van der Waals surface area contributed by atoms with Gasteiger partial charge in [0.15, 0.2) is 0 Å². The first-order valence-corrected chi connectivity index (χ1v) is 8.36. The Hall–Kier alpha value is -1.09. The summed E-state index contributed by atoms with van der Waals surface area (Å²) in [4.78, 5) is 10.3. The van der Waals surface area contributed by atoms with Crippen molar-refractivity contribution >= 4 is 5.97 Å². The molecule has 0 saturated carbocycles. The summed E-state index contributed by atoms with van der Waals surface area (Å²) in [6.07, 6.45) is 18.4. The molecule has 0 aromatic carbocycles. The molecule has 0 radical (unpaired) electrons. The van der Waals surface area contributed by atoms with Crippen LogP contribution in [-0.2, 0) is 4.79 Å². The quantitative estimate of drug-likeness (QED) is 0.355. The van der Waals surface area contributed by atoms with Crippen molar-refractivity contribution in [1.29, 1.82) is 0 Å². The number of carbonyl (C=O) groups is 1. The molecule has 0 heterocycles. The van der Waals surface area contributed by atoms with Crippen LogP contribution in [0.3, 0.4) is 0 Å². The normalized spacial score (nSPS) is 13.2. The van der Waals surface area contributed by atoms with Crippen molar-refractivity contribution in [3.8, 4) is 0 Å². The highest BCUT2D eigenvalue weighted by Gasteiger charge is 2.01. The van der Waals surface area contributed by atoms with E-state index in [1.807, 2.05) is 0 Å². The van der Waals surface area contributed by atoms with Crippen LogP contribution in [-0.4, -0.2) is 22.3 Å². The summed E-state index contributed by atoms with van der Waals surface area (Å²) >= 11 is 0. The lowest BCUT2D eigenvalue weighted by Gasteiger charge is -2.07. The number of carboxylic acid groups (broad SMARTS) is 1. The average molecular weight is 296 g/mol. The van der Waals surface area contributed by atoms with Crippen LogP contribution in [0.15, 0.2) is 24.3 Å². The van der Waals surface area contributed by atoms with E-state index in [1.54, 1.807) is 0 Å². The summed E-state index contributed by atoms with van der Waals surface area (Å²) in [6, 6.07) is 0. The van der Waals surface area contributed by atoms with E-state index < -0.39 is 5.97 Å². The fourth-order valence-electron chi connectivity index (χ4n) is 2.17. The van der Waals surface area contributed by atoms with E-state index in [2.05, 4.69) is 31.2 Å². The molecule has 0 bridgehead atoms.